The van der Waals surface area contributed by atoms with Crippen molar-refractivity contribution in [3.63, 3.8) is 0 Å². The van der Waals surface area contributed by atoms with Crippen molar-refractivity contribution >= 4 is 6.16 Å². The Labute approximate surface area is 109 Å². The fourth-order valence-corrected chi connectivity index (χ4v) is 1.50. The van der Waals surface area contributed by atoms with E-state index in [-0.39, 0.29) is 0 Å². The van der Waals surface area contributed by atoms with Gasteiger partial charge in [0, 0.05) is 0 Å². The fourth-order valence-electron chi connectivity index (χ4n) is 1.50. The number of unbranched alkanes of at least 4 members (excludes halogenated alkanes) is 6. The third-order valence-corrected chi connectivity index (χ3v) is 2.57. The van der Waals surface area contributed by atoms with Gasteiger partial charge >= 0.3 is 6.16 Å². The molecule has 0 rings (SSSR count). The molecule has 0 saturated carbocycles. The molecule has 0 spiro atoms. The van der Waals surface area contributed by atoms with Gasteiger partial charge in [0.1, 0.15) is 0 Å². The number of carbonyl (C=O) groups is 1. The van der Waals surface area contributed by atoms with E-state index in [2.05, 4.69) is 11.8 Å². The molecule has 0 fully saturated rings. The van der Waals surface area contributed by atoms with Gasteiger partial charge < -0.3 is 9.47 Å². The van der Waals surface area contributed by atoms with Crippen LogP contribution in [0.15, 0.2) is 0 Å². The molecule has 0 atom stereocenters. The van der Waals surface area contributed by atoms with E-state index in [1.807, 2.05) is 0 Å². The Balaban J connectivity index is 3.12. The van der Waals surface area contributed by atoms with Gasteiger partial charge in [-0.1, -0.05) is 32.6 Å². The van der Waals surface area contributed by atoms with Gasteiger partial charge in [-0.05, 0) is 25.7 Å². The molecule has 0 bridgehead atoms. The predicted molar refractivity (Wildman–Crippen MR) is 68.5 cm³/mol. The van der Waals surface area contributed by atoms with Crippen molar-refractivity contribution in [1.82, 2.24) is 0 Å². The van der Waals surface area contributed by atoms with E-state index in [1.54, 1.807) is 0 Å². The summed E-state index contributed by atoms with van der Waals surface area (Å²) in [7, 11) is 0. The van der Waals surface area contributed by atoms with Crippen LogP contribution in [0.25, 0.3) is 0 Å². The molecule has 0 aliphatic rings. The molecule has 0 radical (unpaired) electrons. The zero-order valence-electron chi connectivity index (χ0n) is 11.4. The standard InChI is InChI=1S/C13H26O5/c1-2-3-4-7-10-16-13(14)17-11-8-5-6-9-12-18-15/h15H,2-12H2,1H3. The number of hydrogen-bond donors (Lipinski definition) is 1. The van der Waals surface area contributed by atoms with Crippen LogP contribution in [0, 0.1) is 0 Å². The highest BCUT2D eigenvalue weighted by atomic mass is 17.1. The van der Waals surface area contributed by atoms with E-state index in [1.165, 1.54) is 12.8 Å². The molecule has 108 valence electrons. The minimum atomic E-state index is -0.565. The van der Waals surface area contributed by atoms with E-state index in [4.69, 9.17) is 14.7 Å². The van der Waals surface area contributed by atoms with E-state index in [9.17, 15) is 4.79 Å². The predicted octanol–water partition coefficient (Wildman–Crippen LogP) is 3.77. The molecule has 0 aromatic heterocycles. The summed E-state index contributed by atoms with van der Waals surface area (Å²) in [4.78, 5) is 15.1. The van der Waals surface area contributed by atoms with E-state index >= 15 is 0 Å². The Bertz CT molecular complexity index is 184. The molecule has 0 amide bonds. The van der Waals surface area contributed by atoms with Crippen molar-refractivity contribution in [2.24, 2.45) is 0 Å². The maximum atomic E-state index is 11.1. The van der Waals surface area contributed by atoms with E-state index < -0.39 is 6.16 Å². The quantitative estimate of drug-likeness (QED) is 0.251. The molecule has 5 nitrogen and oxygen atoms in total. The summed E-state index contributed by atoms with van der Waals surface area (Å²) in [5.74, 6) is 0. The summed E-state index contributed by atoms with van der Waals surface area (Å²) in [6, 6.07) is 0. The Morgan fingerprint density at radius 3 is 1.83 bits per heavy atom. The minimum Gasteiger partial charge on any atom is -0.434 e. The van der Waals surface area contributed by atoms with Gasteiger partial charge in [0.05, 0.1) is 19.8 Å². The number of ether oxygens (including phenoxy) is 2. The second kappa shape index (κ2) is 14.3. The highest BCUT2D eigenvalue weighted by Crippen LogP contribution is 2.02. The van der Waals surface area contributed by atoms with Crippen molar-refractivity contribution in [1.29, 1.82) is 0 Å². The van der Waals surface area contributed by atoms with Crippen LogP contribution in [0.2, 0.25) is 0 Å². The highest BCUT2D eigenvalue weighted by molar-refractivity contribution is 5.59. The third kappa shape index (κ3) is 13.3. The summed E-state index contributed by atoms with van der Waals surface area (Å²) in [6.45, 7) is 3.35. The van der Waals surface area contributed by atoms with Gasteiger partial charge in [0.25, 0.3) is 0 Å². The van der Waals surface area contributed by atoms with Crippen molar-refractivity contribution in [3.05, 3.63) is 0 Å². The lowest BCUT2D eigenvalue weighted by Crippen LogP contribution is -2.09. The van der Waals surface area contributed by atoms with Crippen LogP contribution in [0.5, 0.6) is 0 Å². The van der Waals surface area contributed by atoms with Gasteiger partial charge in [-0.15, -0.1) is 0 Å². The first-order valence-corrected chi connectivity index (χ1v) is 6.87. The second-order valence-electron chi connectivity index (χ2n) is 4.26. The zero-order valence-corrected chi connectivity index (χ0v) is 11.4. The van der Waals surface area contributed by atoms with Gasteiger partial charge in [0.2, 0.25) is 0 Å². The summed E-state index contributed by atoms with van der Waals surface area (Å²) in [6.07, 6.45) is 7.32. The van der Waals surface area contributed by atoms with Crippen molar-refractivity contribution in [2.45, 2.75) is 58.3 Å². The average Bonchev–Trinajstić information content (AvgIpc) is 2.37. The Morgan fingerprint density at radius 2 is 1.33 bits per heavy atom. The molecular formula is C13H26O5. The van der Waals surface area contributed by atoms with Crippen LogP contribution in [0.4, 0.5) is 4.79 Å². The van der Waals surface area contributed by atoms with Crippen LogP contribution < -0.4 is 0 Å². The molecule has 0 saturated heterocycles. The molecule has 1 N–H and O–H groups in total. The topological polar surface area (TPSA) is 65.0 Å². The van der Waals surface area contributed by atoms with E-state index in [0.29, 0.717) is 19.8 Å². The summed E-state index contributed by atoms with van der Waals surface area (Å²) >= 11 is 0. The summed E-state index contributed by atoms with van der Waals surface area (Å²) in [5.41, 5.74) is 0. The first-order valence-electron chi connectivity index (χ1n) is 6.87. The molecule has 18 heavy (non-hydrogen) atoms. The molecule has 0 aliphatic heterocycles. The molecule has 0 heterocycles. The smallest absolute Gasteiger partial charge is 0.434 e. The van der Waals surface area contributed by atoms with Crippen LogP contribution >= 0.6 is 0 Å². The third-order valence-electron chi connectivity index (χ3n) is 2.57. The highest BCUT2D eigenvalue weighted by Gasteiger charge is 2.02. The van der Waals surface area contributed by atoms with Crippen LogP contribution in [-0.4, -0.2) is 31.2 Å². The van der Waals surface area contributed by atoms with Crippen LogP contribution in [-0.2, 0) is 14.4 Å². The normalized spacial score (nSPS) is 10.3. The maximum absolute atomic E-state index is 11.1. The molecule has 0 aromatic carbocycles. The number of carbonyl (C=O) groups excluding carboxylic acids is 1. The first-order chi connectivity index (χ1) is 8.81. The maximum Gasteiger partial charge on any atom is 0.508 e. The van der Waals surface area contributed by atoms with E-state index in [0.717, 1.165) is 38.5 Å². The lowest BCUT2D eigenvalue weighted by atomic mass is 10.2. The fraction of sp³-hybridized carbons (Fsp3) is 0.923. The lowest BCUT2D eigenvalue weighted by Gasteiger charge is -2.06. The number of rotatable bonds is 12. The average molecular weight is 262 g/mol. The van der Waals surface area contributed by atoms with Crippen LogP contribution in [0.3, 0.4) is 0 Å². The second-order valence-corrected chi connectivity index (χ2v) is 4.26. The summed E-state index contributed by atoms with van der Waals surface area (Å²) in [5, 5.41) is 8.09. The largest absolute Gasteiger partial charge is 0.508 e. The van der Waals surface area contributed by atoms with Gasteiger partial charge in [-0.2, -0.15) is 0 Å². The monoisotopic (exact) mass is 262 g/mol. The van der Waals surface area contributed by atoms with Crippen molar-refractivity contribution in [2.75, 3.05) is 19.8 Å². The van der Waals surface area contributed by atoms with Gasteiger partial charge in [-0.25, -0.2) is 9.68 Å². The van der Waals surface area contributed by atoms with Gasteiger partial charge in [-0.3, -0.25) is 5.26 Å². The Hall–Kier alpha value is -0.810. The minimum absolute atomic E-state index is 0.362. The van der Waals surface area contributed by atoms with Crippen LogP contribution in [0.1, 0.15) is 58.3 Å². The molecule has 0 unspecified atom stereocenters. The Morgan fingerprint density at radius 1 is 0.833 bits per heavy atom. The van der Waals surface area contributed by atoms with Crippen molar-refractivity contribution in [3.8, 4) is 0 Å². The summed E-state index contributed by atoms with van der Waals surface area (Å²) < 4.78 is 9.83. The first kappa shape index (κ1) is 17.2. The molecular weight excluding hydrogens is 236 g/mol. The zero-order chi connectivity index (χ0) is 13.5. The van der Waals surface area contributed by atoms with Crippen molar-refractivity contribution < 1.29 is 24.4 Å². The SMILES string of the molecule is CCCCCCOC(=O)OCCCCCCOO. The Kier molecular flexibility index (Phi) is 13.6. The molecule has 0 aliphatic carbocycles. The lowest BCUT2D eigenvalue weighted by molar-refractivity contribution is -0.242. The van der Waals surface area contributed by atoms with Gasteiger partial charge in [0.15, 0.2) is 0 Å². The number of hydrogen-bond acceptors (Lipinski definition) is 5. The molecule has 0 aromatic rings. The molecule has 5 heteroatoms.